The Morgan fingerprint density at radius 1 is 1.24 bits per heavy atom. The van der Waals surface area contributed by atoms with E-state index in [0.29, 0.717) is 13.2 Å². The number of carbonyl (C=O) groups excluding carboxylic acids is 2. The number of carbonyl (C=O) groups is 2. The summed E-state index contributed by atoms with van der Waals surface area (Å²) in [6, 6.07) is 5.18. The molecule has 1 saturated carbocycles. The summed E-state index contributed by atoms with van der Waals surface area (Å²) in [7, 11) is -2.04. The van der Waals surface area contributed by atoms with Gasteiger partial charge in [0, 0.05) is 24.3 Å². The molecule has 0 radical (unpaired) electrons. The third kappa shape index (κ3) is 4.39. The Kier molecular flexibility index (Phi) is 5.79. The van der Waals surface area contributed by atoms with Crippen LogP contribution >= 0.6 is 11.8 Å². The summed E-state index contributed by atoms with van der Waals surface area (Å²) in [5.74, 6) is -1.18. The molecule has 37 heavy (non-hydrogen) atoms. The first-order chi connectivity index (χ1) is 17.5. The molecule has 1 aliphatic carbocycles. The molecule has 10 nitrogen and oxygen atoms in total. The van der Waals surface area contributed by atoms with Crippen LogP contribution in [0.15, 0.2) is 40.9 Å². The van der Waals surface area contributed by atoms with Gasteiger partial charge in [-0.2, -0.15) is 5.10 Å². The number of hydrogen-bond acceptors (Lipinski definition) is 7. The molecule has 4 aliphatic rings. The predicted molar refractivity (Wildman–Crippen MR) is 137 cm³/mol. The molecule has 3 amide bonds. The van der Waals surface area contributed by atoms with E-state index in [9.17, 15) is 18.0 Å². The maximum Gasteiger partial charge on any atom is 0.328 e. The van der Waals surface area contributed by atoms with Crippen LogP contribution in [-0.2, 0) is 46.4 Å². The van der Waals surface area contributed by atoms with E-state index in [0.717, 1.165) is 46.9 Å². The summed E-state index contributed by atoms with van der Waals surface area (Å²) in [6.07, 6.45) is 6.45. The molecular formula is C25H29N5O5S2. The Bertz CT molecular complexity index is 1430. The minimum absolute atomic E-state index is 0.0624. The maximum atomic E-state index is 13.9. The minimum atomic E-state index is -3.81. The van der Waals surface area contributed by atoms with Crippen molar-refractivity contribution in [3.8, 4) is 0 Å². The summed E-state index contributed by atoms with van der Waals surface area (Å²) in [6.45, 7) is 4.93. The number of benzene rings is 1. The summed E-state index contributed by atoms with van der Waals surface area (Å²) < 4.78 is 36.5. The molecule has 3 unspecified atom stereocenters. The third-order valence-electron chi connectivity index (χ3n) is 7.53. The van der Waals surface area contributed by atoms with Crippen molar-refractivity contribution in [2.75, 3.05) is 0 Å². The van der Waals surface area contributed by atoms with Crippen LogP contribution in [0.25, 0.3) is 0 Å². The lowest BCUT2D eigenvalue weighted by molar-refractivity contribution is -0.136. The van der Waals surface area contributed by atoms with Gasteiger partial charge >= 0.3 is 6.03 Å². The highest BCUT2D eigenvalue weighted by molar-refractivity contribution is 8.18. The highest BCUT2D eigenvalue weighted by Crippen LogP contribution is 2.48. The van der Waals surface area contributed by atoms with Gasteiger partial charge in [0.15, 0.2) is 0 Å². The number of imide groups is 1. The zero-order chi connectivity index (χ0) is 26.1. The Hall–Kier alpha value is -2.67. The Balaban J connectivity index is 1.36. The lowest BCUT2D eigenvalue weighted by Crippen LogP contribution is -2.59. The van der Waals surface area contributed by atoms with Crippen molar-refractivity contribution in [2.45, 2.75) is 63.4 Å². The van der Waals surface area contributed by atoms with E-state index in [1.807, 2.05) is 32.0 Å². The van der Waals surface area contributed by atoms with Gasteiger partial charge in [0.1, 0.15) is 9.61 Å². The number of nitrogens with one attached hydrogen (secondary N) is 1. The van der Waals surface area contributed by atoms with E-state index in [4.69, 9.17) is 4.74 Å². The second kappa shape index (κ2) is 8.69. The molecule has 1 saturated heterocycles. The number of aryl methyl sites for hydroxylation is 1. The fraction of sp³-hybridized carbons (Fsp3) is 0.480. The zero-order valence-corrected chi connectivity index (χ0v) is 22.5. The van der Waals surface area contributed by atoms with Gasteiger partial charge in [-0.15, -0.1) is 0 Å². The summed E-state index contributed by atoms with van der Waals surface area (Å²) in [5, 5.41) is 3.49. The predicted octanol–water partition coefficient (Wildman–Crippen LogP) is 2.98. The Morgan fingerprint density at radius 3 is 2.70 bits per heavy atom. The number of amides is 3. The molecule has 3 aliphatic heterocycles. The van der Waals surface area contributed by atoms with Gasteiger partial charge in [0.05, 0.1) is 37.9 Å². The number of rotatable bonds is 7. The van der Waals surface area contributed by atoms with Crippen LogP contribution < -0.4 is 4.72 Å². The number of thioether (sulfide) groups is 1. The molecule has 0 spiro atoms. The maximum absolute atomic E-state index is 13.9. The van der Waals surface area contributed by atoms with Gasteiger partial charge < -0.3 is 9.64 Å². The first kappa shape index (κ1) is 24.7. The van der Waals surface area contributed by atoms with Crippen molar-refractivity contribution >= 4 is 33.7 Å². The van der Waals surface area contributed by atoms with Crippen molar-refractivity contribution in [3.63, 3.8) is 0 Å². The van der Waals surface area contributed by atoms with E-state index >= 15 is 0 Å². The average molecular weight is 544 g/mol. The smallest absolute Gasteiger partial charge is 0.328 e. The quantitative estimate of drug-likeness (QED) is 0.571. The first-order valence-electron chi connectivity index (χ1n) is 12.3. The Morgan fingerprint density at radius 2 is 2.00 bits per heavy atom. The summed E-state index contributed by atoms with van der Waals surface area (Å²) >= 11 is 1.07. The van der Waals surface area contributed by atoms with E-state index in [1.165, 1.54) is 11.0 Å². The lowest BCUT2D eigenvalue weighted by Gasteiger charge is -2.44. The zero-order valence-electron chi connectivity index (χ0n) is 20.9. The molecule has 196 valence electrons. The SMILES string of the molecule is CC(c1ccc2c(c1)COC2)N1C(=O)N(Cc2cnn(C)c2)C(=O)C2C=C(S(=O)(=O)NC3(C)CC3)SC21. The molecule has 2 aromatic rings. The lowest BCUT2D eigenvalue weighted by atomic mass is 9.98. The summed E-state index contributed by atoms with van der Waals surface area (Å²) in [4.78, 5) is 30.4. The number of fused-ring (bicyclic) bond motifs is 2. The molecule has 4 heterocycles. The van der Waals surface area contributed by atoms with E-state index < -0.39 is 44.8 Å². The molecule has 3 atom stereocenters. The van der Waals surface area contributed by atoms with Crippen molar-refractivity contribution in [1.82, 2.24) is 24.3 Å². The number of hydrogen-bond donors (Lipinski definition) is 1. The fourth-order valence-corrected chi connectivity index (χ4v) is 8.50. The number of sulfonamides is 1. The van der Waals surface area contributed by atoms with Gasteiger partial charge in [-0.05, 0) is 49.5 Å². The third-order valence-corrected chi connectivity index (χ3v) is 11.0. The summed E-state index contributed by atoms with van der Waals surface area (Å²) in [5.41, 5.74) is 3.39. The average Bonchev–Trinajstić information content (AvgIpc) is 3.26. The second-order valence-electron chi connectivity index (χ2n) is 10.5. The van der Waals surface area contributed by atoms with Crippen molar-refractivity contribution in [2.24, 2.45) is 13.0 Å². The van der Waals surface area contributed by atoms with Crippen molar-refractivity contribution in [1.29, 1.82) is 0 Å². The molecular weight excluding hydrogens is 514 g/mol. The minimum Gasteiger partial charge on any atom is -0.372 e. The molecule has 6 rings (SSSR count). The van der Waals surface area contributed by atoms with Gasteiger partial charge in [0.25, 0.3) is 0 Å². The number of nitrogens with zero attached hydrogens (tertiary/aromatic N) is 4. The van der Waals surface area contributed by atoms with Gasteiger partial charge in [0.2, 0.25) is 15.9 Å². The monoisotopic (exact) mass is 543 g/mol. The molecule has 2 fully saturated rings. The van der Waals surface area contributed by atoms with E-state index in [-0.39, 0.29) is 10.8 Å². The van der Waals surface area contributed by atoms with Crippen LogP contribution in [0.3, 0.4) is 0 Å². The van der Waals surface area contributed by atoms with Crippen LogP contribution in [0.5, 0.6) is 0 Å². The van der Waals surface area contributed by atoms with Gasteiger partial charge in [-0.3, -0.25) is 14.4 Å². The standard InChI is InChI=1S/C25H29N5O5S2/c1-15(17-4-5-18-13-35-14-19(18)8-17)30-23-20(9-21(36-23)37(33,34)27-25(2)6-7-25)22(31)29(24(30)32)12-16-10-26-28(3)11-16/h4-5,8-11,15,20,23,27H,6-7,12-14H2,1-3H3. The van der Waals surface area contributed by atoms with Crippen LogP contribution in [0.2, 0.25) is 0 Å². The van der Waals surface area contributed by atoms with Crippen LogP contribution in [0, 0.1) is 5.92 Å². The number of ether oxygens (including phenoxy) is 1. The fourth-order valence-electron chi connectivity index (χ4n) is 5.10. The topological polar surface area (TPSA) is 114 Å². The number of aromatic nitrogens is 2. The van der Waals surface area contributed by atoms with Gasteiger partial charge in [-0.1, -0.05) is 30.0 Å². The van der Waals surface area contributed by atoms with Crippen LogP contribution in [-0.4, -0.2) is 50.8 Å². The Labute approximate surface area is 220 Å². The molecule has 1 N–H and O–H groups in total. The van der Waals surface area contributed by atoms with E-state index in [1.54, 1.807) is 29.0 Å². The normalized spacial score (nSPS) is 25.2. The van der Waals surface area contributed by atoms with Crippen molar-refractivity contribution < 1.29 is 22.7 Å². The highest BCUT2D eigenvalue weighted by atomic mass is 32.3. The molecule has 0 bridgehead atoms. The molecule has 1 aromatic heterocycles. The largest absolute Gasteiger partial charge is 0.372 e. The van der Waals surface area contributed by atoms with E-state index in [2.05, 4.69) is 9.82 Å². The van der Waals surface area contributed by atoms with Gasteiger partial charge in [-0.25, -0.2) is 17.9 Å². The molecule has 12 heteroatoms. The van der Waals surface area contributed by atoms with Crippen molar-refractivity contribution in [3.05, 3.63) is 63.2 Å². The first-order valence-corrected chi connectivity index (χ1v) is 14.6. The molecule has 1 aromatic carbocycles. The highest BCUT2D eigenvalue weighted by Gasteiger charge is 2.53. The number of urea groups is 1. The second-order valence-corrected chi connectivity index (χ2v) is 13.6. The van der Waals surface area contributed by atoms with Crippen LogP contribution in [0.1, 0.15) is 55.0 Å². The van der Waals surface area contributed by atoms with Crippen LogP contribution in [0.4, 0.5) is 4.79 Å².